The van der Waals surface area contributed by atoms with Gasteiger partial charge >= 0.3 is 0 Å². The van der Waals surface area contributed by atoms with Crippen LogP contribution in [0.15, 0.2) is 36.4 Å². The number of anilines is 1. The Labute approximate surface area is 131 Å². The lowest BCUT2D eigenvalue weighted by Crippen LogP contribution is -2.07. The summed E-state index contributed by atoms with van der Waals surface area (Å²) in [5.74, 6) is -1.67. The van der Waals surface area contributed by atoms with Gasteiger partial charge in [0.2, 0.25) is 0 Å². The fourth-order valence-electron chi connectivity index (χ4n) is 2.52. The highest BCUT2D eigenvalue weighted by Crippen LogP contribution is 2.28. The van der Waals surface area contributed by atoms with Gasteiger partial charge in [0.1, 0.15) is 5.82 Å². The van der Waals surface area contributed by atoms with Crippen molar-refractivity contribution in [3.63, 3.8) is 0 Å². The van der Waals surface area contributed by atoms with Crippen molar-refractivity contribution in [2.75, 3.05) is 5.73 Å². The molecule has 23 heavy (non-hydrogen) atoms. The number of nitriles is 1. The van der Waals surface area contributed by atoms with Gasteiger partial charge in [-0.05, 0) is 19.1 Å². The number of imidazole rings is 1. The molecule has 0 aliphatic heterocycles. The van der Waals surface area contributed by atoms with Gasteiger partial charge in [-0.1, -0.05) is 12.1 Å². The molecule has 2 aromatic carbocycles. The first kappa shape index (κ1) is 15.0. The van der Waals surface area contributed by atoms with Crippen LogP contribution in [0.25, 0.3) is 22.4 Å². The molecular weight excluding hydrogens is 298 g/mol. The summed E-state index contributed by atoms with van der Waals surface area (Å²) in [5, 5.41) is 9.07. The highest BCUT2D eigenvalue weighted by atomic mass is 19.2. The molecule has 0 aliphatic carbocycles. The molecule has 0 saturated heterocycles. The number of hydrogen-bond acceptors (Lipinski definition) is 3. The summed E-state index contributed by atoms with van der Waals surface area (Å²) in [5.41, 5.74) is 7.88. The van der Waals surface area contributed by atoms with Gasteiger partial charge in [-0.25, -0.2) is 13.8 Å². The van der Waals surface area contributed by atoms with Crippen LogP contribution in [0.4, 0.5) is 14.5 Å². The quantitative estimate of drug-likeness (QED) is 0.749. The van der Waals surface area contributed by atoms with Crippen molar-refractivity contribution in [2.45, 2.75) is 13.5 Å². The van der Waals surface area contributed by atoms with E-state index in [2.05, 4.69) is 11.1 Å². The van der Waals surface area contributed by atoms with Crippen LogP contribution in [-0.4, -0.2) is 9.55 Å². The van der Waals surface area contributed by atoms with Crippen molar-refractivity contribution in [2.24, 2.45) is 5.92 Å². The summed E-state index contributed by atoms with van der Waals surface area (Å²) in [6, 6.07) is 11.4. The fraction of sp³-hybridized carbons (Fsp3) is 0.176. The first-order chi connectivity index (χ1) is 11.0. The Morgan fingerprint density at radius 1 is 1.26 bits per heavy atom. The minimum Gasteiger partial charge on any atom is -0.399 e. The zero-order chi connectivity index (χ0) is 16.6. The summed E-state index contributed by atoms with van der Waals surface area (Å²) < 4.78 is 28.8. The molecule has 3 rings (SSSR count). The zero-order valence-corrected chi connectivity index (χ0v) is 12.4. The highest BCUT2D eigenvalue weighted by molar-refractivity contribution is 5.81. The molecule has 4 nitrogen and oxygen atoms in total. The van der Waals surface area contributed by atoms with Crippen LogP contribution in [0.1, 0.15) is 6.92 Å². The summed E-state index contributed by atoms with van der Waals surface area (Å²) in [7, 11) is 0. The van der Waals surface area contributed by atoms with Gasteiger partial charge in [-0.2, -0.15) is 5.26 Å². The van der Waals surface area contributed by atoms with Gasteiger partial charge in [0, 0.05) is 29.9 Å². The summed E-state index contributed by atoms with van der Waals surface area (Å²) >= 11 is 0. The number of nitrogens with two attached hydrogens (primary N) is 1. The summed E-state index contributed by atoms with van der Waals surface area (Å²) in [6.07, 6.45) is 0. The molecule has 0 bridgehead atoms. The average Bonchev–Trinajstić information content (AvgIpc) is 2.85. The smallest absolute Gasteiger partial charge is 0.161 e. The molecule has 3 aromatic rings. The predicted octanol–water partition coefficient (Wildman–Crippen LogP) is 3.72. The van der Waals surface area contributed by atoms with E-state index in [1.54, 1.807) is 29.7 Å². The Bertz CT molecular complexity index is 924. The van der Waals surface area contributed by atoms with E-state index in [9.17, 15) is 8.78 Å². The lowest BCUT2D eigenvalue weighted by atomic mass is 10.1. The fourth-order valence-corrected chi connectivity index (χ4v) is 2.52. The monoisotopic (exact) mass is 312 g/mol. The van der Waals surface area contributed by atoms with Gasteiger partial charge in [-0.3, -0.25) is 0 Å². The second-order valence-electron chi connectivity index (χ2n) is 5.46. The molecule has 2 N–H and O–H groups in total. The molecule has 0 saturated carbocycles. The van der Waals surface area contributed by atoms with Crippen LogP contribution in [0.2, 0.25) is 0 Å². The minimum atomic E-state index is -0.949. The van der Waals surface area contributed by atoms with Gasteiger partial charge in [0.15, 0.2) is 11.6 Å². The normalized spacial score (nSPS) is 12.3. The molecule has 0 aliphatic rings. The van der Waals surface area contributed by atoms with Crippen molar-refractivity contribution < 1.29 is 8.78 Å². The van der Waals surface area contributed by atoms with Crippen molar-refractivity contribution in [1.29, 1.82) is 5.26 Å². The molecule has 1 aromatic heterocycles. The van der Waals surface area contributed by atoms with E-state index in [1.165, 1.54) is 0 Å². The number of rotatable bonds is 3. The van der Waals surface area contributed by atoms with E-state index in [0.717, 1.165) is 17.7 Å². The van der Waals surface area contributed by atoms with Gasteiger partial charge < -0.3 is 10.3 Å². The number of aromatic nitrogens is 2. The number of nitrogen functional groups attached to an aromatic ring is 1. The van der Waals surface area contributed by atoms with E-state index in [1.807, 2.05) is 6.07 Å². The van der Waals surface area contributed by atoms with E-state index in [-0.39, 0.29) is 5.92 Å². The second-order valence-corrected chi connectivity index (χ2v) is 5.46. The molecule has 0 spiro atoms. The molecular formula is C17H14F2N4. The summed E-state index contributed by atoms with van der Waals surface area (Å²) in [6.45, 7) is 2.08. The van der Waals surface area contributed by atoms with Gasteiger partial charge in [0.05, 0.1) is 23.0 Å². The first-order valence-electron chi connectivity index (χ1n) is 7.10. The maximum Gasteiger partial charge on any atom is 0.161 e. The molecule has 0 fully saturated rings. The standard InChI is InChI=1S/C17H14F2N4/c1-10(8-20)9-23-16-7-14(19)13(18)6-15(16)22-17(23)11-3-2-4-12(21)5-11/h2-7,10H,9,21H2,1H3. The van der Waals surface area contributed by atoms with Crippen LogP contribution in [0, 0.1) is 28.9 Å². The molecule has 1 unspecified atom stereocenters. The SMILES string of the molecule is CC(C#N)Cn1c(-c2cccc(N)c2)nc2cc(F)c(F)cc21. The minimum absolute atomic E-state index is 0.305. The van der Waals surface area contributed by atoms with Crippen LogP contribution >= 0.6 is 0 Å². The Hall–Kier alpha value is -2.94. The topological polar surface area (TPSA) is 67.6 Å². The van der Waals surface area contributed by atoms with Crippen molar-refractivity contribution >= 4 is 16.7 Å². The van der Waals surface area contributed by atoms with Crippen LogP contribution in [-0.2, 0) is 6.54 Å². The maximum absolute atomic E-state index is 13.6. The third-order valence-electron chi connectivity index (χ3n) is 3.61. The van der Waals surface area contributed by atoms with Crippen molar-refractivity contribution in [3.8, 4) is 17.5 Å². The Morgan fingerprint density at radius 3 is 2.70 bits per heavy atom. The van der Waals surface area contributed by atoms with Crippen LogP contribution in [0.3, 0.4) is 0 Å². The van der Waals surface area contributed by atoms with Crippen LogP contribution in [0.5, 0.6) is 0 Å². The first-order valence-corrected chi connectivity index (χ1v) is 7.10. The maximum atomic E-state index is 13.6. The Kier molecular flexibility index (Phi) is 3.70. The average molecular weight is 312 g/mol. The van der Waals surface area contributed by atoms with Gasteiger partial charge in [-0.15, -0.1) is 0 Å². The third kappa shape index (κ3) is 2.73. The predicted molar refractivity (Wildman–Crippen MR) is 84.3 cm³/mol. The number of halogens is 2. The highest BCUT2D eigenvalue weighted by Gasteiger charge is 2.17. The number of nitrogens with zero attached hydrogens (tertiary/aromatic N) is 3. The Balaban J connectivity index is 2.27. The second kappa shape index (κ2) is 5.69. The van der Waals surface area contributed by atoms with Crippen LogP contribution < -0.4 is 5.73 Å². The van der Waals surface area contributed by atoms with E-state index >= 15 is 0 Å². The lowest BCUT2D eigenvalue weighted by molar-refractivity contribution is 0.509. The van der Waals surface area contributed by atoms with E-state index in [4.69, 9.17) is 11.0 Å². The van der Waals surface area contributed by atoms with E-state index in [0.29, 0.717) is 29.1 Å². The summed E-state index contributed by atoms with van der Waals surface area (Å²) in [4.78, 5) is 4.40. The molecule has 6 heteroatoms. The molecule has 0 radical (unpaired) electrons. The lowest BCUT2D eigenvalue weighted by Gasteiger charge is -2.11. The number of fused-ring (bicyclic) bond motifs is 1. The van der Waals surface area contributed by atoms with Gasteiger partial charge in [0.25, 0.3) is 0 Å². The number of hydrogen-bond donors (Lipinski definition) is 1. The molecule has 116 valence electrons. The largest absolute Gasteiger partial charge is 0.399 e. The van der Waals surface area contributed by atoms with E-state index < -0.39 is 11.6 Å². The molecule has 1 atom stereocenters. The van der Waals surface area contributed by atoms with Crippen molar-refractivity contribution in [3.05, 3.63) is 48.0 Å². The Morgan fingerprint density at radius 2 is 2.00 bits per heavy atom. The zero-order valence-electron chi connectivity index (χ0n) is 12.4. The van der Waals surface area contributed by atoms with Crippen molar-refractivity contribution in [1.82, 2.24) is 9.55 Å². The number of benzene rings is 2. The molecule has 1 heterocycles. The third-order valence-corrected chi connectivity index (χ3v) is 3.61. The molecule has 0 amide bonds.